The third kappa shape index (κ3) is 4.45. The quantitative estimate of drug-likeness (QED) is 0.176. The molecular formula is C20H21ClN8O3S. The second-order valence-electron chi connectivity index (χ2n) is 7.39. The smallest absolute Gasteiger partial charge is 0.279 e. The fraction of sp³-hybridized carbons (Fsp3) is 0.300. The van der Waals surface area contributed by atoms with E-state index in [4.69, 9.17) is 17.3 Å². The molecule has 3 aromatic rings. The van der Waals surface area contributed by atoms with E-state index in [1.54, 1.807) is 25.1 Å². The zero-order valence-electron chi connectivity index (χ0n) is 17.7. The Bertz CT molecular complexity index is 1290. The number of aliphatic hydroxyl groups excluding tert-OH is 1. The Hall–Kier alpha value is -3.35. The Labute approximate surface area is 197 Å². The van der Waals surface area contributed by atoms with Crippen molar-refractivity contribution < 1.29 is 9.90 Å². The van der Waals surface area contributed by atoms with Crippen LogP contribution in [0.4, 0.5) is 16.6 Å². The summed E-state index contributed by atoms with van der Waals surface area (Å²) in [5.74, 6) is 0.379. The lowest BCUT2D eigenvalue weighted by Crippen LogP contribution is -2.35. The van der Waals surface area contributed by atoms with Gasteiger partial charge in [-0.1, -0.05) is 17.7 Å². The number of anilines is 3. The Morgan fingerprint density at radius 1 is 1.48 bits per heavy atom. The number of aryl methyl sites for hydroxylation is 1. The van der Waals surface area contributed by atoms with Crippen LogP contribution in [-0.2, 0) is 6.42 Å². The maximum Gasteiger partial charge on any atom is 0.279 e. The molecule has 1 aliphatic heterocycles. The fourth-order valence-electron chi connectivity index (χ4n) is 3.38. The van der Waals surface area contributed by atoms with Crippen LogP contribution in [0.2, 0.25) is 0 Å². The topological polar surface area (TPSA) is 162 Å². The van der Waals surface area contributed by atoms with E-state index in [-0.39, 0.29) is 23.7 Å². The van der Waals surface area contributed by atoms with Gasteiger partial charge in [-0.15, -0.1) is 0 Å². The minimum Gasteiger partial charge on any atom is -0.394 e. The number of nitrogens with one attached hydrogen (secondary N) is 2. The predicted molar refractivity (Wildman–Crippen MR) is 127 cm³/mol. The van der Waals surface area contributed by atoms with Crippen LogP contribution in [0.3, 0.4) is 0 Å². The number of aliphatic hydroxyl groups is 1. The predicted octanol–water partition coefficient (Wildman–Crippen LogP) is 1.53. The lowest BCUT2D eigenvalue weighted by molar-refractivity contribution is 0.0981. The monoisotopic (exact) mass is 488 g/mol. The third-order valence-corrected chi connectivity index (χ3v) is 6.17. The minimum absolute atomic E-state index is 0.0116. The summed E-state index contributed by atoms with van der Waals surface area (Å²) >= 11 is 7.47. The number of rotatable bonds is 6. The zero-order valence-corrected chi connectivity index (χ0v) is 19.3. The molecule has 4 rings (SSSR count). The molecule has 0 bridgehead atoms. The highest BCUT2D eigenvalue weighted by atomic mass is 35.5. The number of aromatic nitrogens is 4. The van der Waals surface area contributed by atoms with Gasteiger partial charge in [-0.3, -0.25) is 23.9 Å². The molecule has 0 aliphatic carbocycles. The number of alkyl halides is 1. The summed E-state index contributed by atoms with van der Waals surface area (Å²) < 4.78 is 2.60. The van der Waals surface area contributed by atoms with Crippen molar-refractivity contribution in [1.82, 2.24) is 19.3 Å². The highest BCUT2D eigenvalue weighted by molar-refractivity contribution is 7.10. The van der Waals surface area contributed by atoms with Crippen LogP contribution in [-0.4, -0.2) is 54.3 Å². The molecule has 0 radical (unpaired) electrons. The molecule has 0 fully saturated rings. The van der Waals surface area contributed by atoms with E-state index in [1.165, 1.54) is 11.2 Å². The van der Waals surface area contributed by atoms with Crippen LogP contribution in [0.25, 0.3) is 0 Å². The molecule has 0 aromatic carbocycles. The summed E-state index contributed by atoms with van der Waals surface area (Å²) in [4.78, 5) is 43.8. The number of fused-ring (bicyclic) bond motifs is 1. The lowest BCUT2D eigenvalue weighted by atomic mass is 10.2. The first-order chi connectivity index (χ1) is 15.8. The van der Waals surface area contributed by atoms with Gasteiger partial charge in [-0.2, -0.15) is 0 Å². The van der Waals surface area contributed by atoms with Gasteiger partial charge < -0.3 is 16.2 Å². The third-order valence-electron chi connectivity index (χ3n) is 5.03. The summed E-state index contributed by atoms with van der Waals surface area (Å²) in [6.45, 7) is 3.31. The number of hydrogen-bond acceptors (Lipinski definition) is 9. The molecule has 1 aliphatic rings. The summed E-state index contributed by atoms with van der Waals surface area (Å²) in [6.07, 6.45) is 1.84. The van der Waals surface area contributed by atoms with Crippen molar-refractivity contribution >= 4 is 51.5 Å². The zero-order chi connectivity index (χ0) is 23.7. The number of pyridine rings is 1. The van der Waals surface area contributed by atoms with Gasteiger partial charge in [0.1, 0.15) is 45.6 Å². The van der Waals surface area contributed by atoms with Crippen LogP contribution in [0, 0.1) is 6.92 Å². The largest absolute Gasteiger partial charge is 0.394 e. The van der Waals surface area contributed by atoms with Gasteiger partial charge in [0.15, 0.2) is 0 Å². The van der Waals surface area contributed by atoms with E-state index < -0.39 is 23.0 Å². The number of H-pyrrole nitrogens is 1. The number of aliphatic imine (C=N–C) groups is 1. The van der Waals surface area contributed by atoms with E-state index in [9.17, 15) is 14.7 Å². The van der Waals surface area contributed by atoms with Crippen molar-refractivity contribution in [3.8, 4) is 0 Å². The normalized spacial score (nSPS) is 16.5. The van der Waals surface area contributed by atoms with E-state index in [0.29, 0.717) is 23.1 Å². The Balaban J connectivity index is 1.62. The summed E-state index contributed by atoms with van der Waals surface area (Å²) in [5, 5.41) is 12.6. The lowest BCUT2D eigenvalue weighted by Gasteiger charge is -2.19. The van der Waals surface area contributed by atoms with Gasteiger partial charge in [0.25, 0.3) is 11.5 Å². The second-order valence-corrected chi connectivity index (χ2v) is 8.71. The summed E-state index contributed by atoms with van der Waals surface area (Å²) in [7, 11) is 0. The molecule has 0 saturated heterocycles. The van der Waals surface area contributed by atoms with Crippen LogP contribution in [0.5, 0.6) is 0 Å². The molecule has 5 N–H and O–H groups in total. The molecule has 13 heteroatoms. The van der Waals surface area contributed by atoms with E-state index >= 15 is 0 Å². The van der Waals surface area contributed by atoms with Gasteiger partial charge in [0.05, 0.1) is 12.6 Å². The van der Waals surface area contributed by atoms with Gasteiger partial charge in [-0.05, 0) is 37.5 Å². The Morgan fingerprint density at radius 2 is 2.27 bits per heavy atom. The molecule has 4 heterocycles. The van der Waals surface area contributed by atoms with Gasteiger partial charge in [0, 0.05) is 17.7 Å². The molecule has 33 heavy (non-hydrogen) atoms. The minimum atomic E-state index is -0.604. The maximum atomic E-state index is 13.2. The van der Waals surface area contributed by atoms with Gasteiger partial charge in [0.2, 0.25) is 0 Å². The second kappa shape index (κ2) is 9.25. The van der Waals surface area contributed by atoms with Crippen molar-refractivity contribution in [3.63, 3.8) is 0 Å². The number of carbonyl (C=O) groups excluding carboxylic acids is 1. The molecule has 172 valence electrons. The molecule has 0 saturated carbocycles. The van der Waals surface area contributed by atoms with Crippen LogP contribution in [0.15, 0.2) is 34.3 Å². The number of nitrogens with two attached hydrogens (primary N) is 1. The van der Waals surface area contributed by atoms with Crippen molar-refractivity contribution in [1.29, 1.82) is 0 Å². The molecule has 0 spiro atoms. The number of halogens is 1. The number of aromatic amines is 1. The van der Waals surface area contributed by atoms with Gasteiger partial charge in [-0.25, -0.2) is 15.0 Å². The number of nitrogens with zero attached hydrogens (tertiary/aromatic N) is 5. The Morgan fingerprint density at radius 3 is 3.03 bits per heavy atom. The van der Waals surface area contributed by atoms with Crippen LogP contribution >= 0.6 is 23.1 Å². The molecular weight excluding hydrogens is 468 g/mol. The van der Waals surface area contributed by atoms with Crippen molar-refractivity contribution in [3.05, 3.63) is 57.4 Å². The first-order valence-electron chi connectivity index (χ1n) is 9.98. The molecule has 11 nitrogen and oxygen atoms in total. The molecule has 2 atom stereocenters. The van der Waals surface area contributed by atoms with Crippen molar-refractivity contribution in [2.24, 2.45) is 10.7 Å². The summed E-state index contributed by atoms with van der Waals surface area (Å²) in [5.41, 5.74) is 6.84. The van der Waals surface area contributed by atoms with Crippen LogP contribution < -0.4 is 21.5 Å². The molecule has 1 amide bonds. The van der Waals surface area contributed by atoms with Gasteiger partial charge >= 0.3 is 0 Å². The number of amides is 1. The highest BCUT2D eigenvalue weighted by Gasteiger charge is 2.36. The number of carbonyl (C=O) groups is 1. The number of amidine groups is 1. The molecule has 2 unspecified atom stereocenters. The SMILES string of the molecule is Cc1ncnc2c1CC(Cl)N2C(=O)c1cccc(Nc2s[nH]c(=O)c2C(N)=NC(C)CO)n1. The van der Waals surface area contributed by atoms with E-state index in [1.807, 2.05) is 6.92 Å². The first kappa shape index (κ1) is 22.8. The van der Waals surface area contributed by atoms with Crippen molar-refractivity contribution in [2.45, 2.75) is 31.8 Å². The molecule has 3 aromatic heterocycles. The standard InChI is InChI=1S/C20H21ClN8O3S/c1-9(7-30)25-16(22)15-18(31)28-33-19(15)27-14-5-3-4-12(26-14)20(32)29-13(21)6-11-10(2)23-8-24-17(11)29/h3-5,8-9,13,30H,6-7H2,1-2H3,(H2,22,25)(H,26,27)(H,28,31). The van der Waals surface area contributed by atoms with E-state index in [0.717, 1.165) is 22.8 Å². The first-order valence-corrected chi connectivity index (χ1v) is 11.2. The van der Waals surface area contributed by atoms with E-state index in [2.05, 4.69) is 29.6 Å². The average molecular weight is 489 g/mol. The Kier molecular flexibility index (Phi) is 6.40. The number of hydrogen-bond donors (Lipinski definition) is 4. The fourth-order valence-corrected chi connectivity index (χ4v) is 4.47. The average Bonchev–Trinajstić information content (AvgIpc) is 3.33. The summed E-state index contributed by atoms with van der Waals surface area (Å²) in [6, 6.07) is 4.42. The highest BCUT2D eigenvalue weighted by Crippen LogP contribution is 2.34. The van der Waals surface area contributed by atoms with Crippen molar-refractivity contribution in [2.75, 3.05) is 16.8 Å². The maximum absolute atomic E-state index is 13.2. The van der Waals surface area contributed by atoms with Crippen LogP contribution in [0.1, 0.15) is 34.2 Å².